The number of amidine groups is 1. The second kappa shape index (κ2) is 5.52. The SMILES string of the molecule is Cc1ccc(N=C(NO)c2nonc2[As])cc1Cl. The first-order valence-electron chi connectivity index (χ1n) is 4.88. The Morgan fingerprint density at radius 1 is 1.50 bits per heavy atom. The molecule has 8 heteroatoms. The van der Waals surface area contributed by atoms with E-state index in [1.807, 2.05) is 18.5 Å². The van der Waals surface area contributed by atoms with Crippen LogP contribution in [0.1, 0.15) is 11.3 Å². The van der Waals surface area contributed by atoms with E-state index in [0.717, 1.165) is 5.56 Å². The van der Waals surface area contributed by atoms with Gasteiger partial charge >= 0.3 is 116 Å². The molecule has 2 radical (unpaired) electrons. The van der Waals surface area contributed by atoms with E-state index in [-0.39, 0.29) is 5.84 Å². The number of benzene rings is 1. The van der Waals surface area contributed by atoms with Crippen LogP contribution in [0.15, 0.2) is 27.8 Å². The van der Waals surface area contributed by atoms with Gasteiger partial charge in [0.15, 0.2) is 0 Å². The first-order valence-corrected chi connectivity index (χ1v) is 6.20. The number of halogens is 1. The Hall–Kier alpha value is -1.36. The normalized spacial score (nSPS) is 11.7. The van der Waals surface area contributed by atoms with Gasteiger partial charge in [0.25, 0.3) is 0 Å². The van der Waals surface area contributed by atoms with Crippen LogP contribution < -0.4 is 9.96 Å². The Kier molecular flexibility index (Phi) is 4.01. The molecule has 18 heavy (non-hydrogen) atoms. The number of hydrogen-bond donors (Lipinski definition) is 2. The van der Waals surface area contributed by atoms with Crippen LogP contribution >= 0.6 is 11.6 Å². The van der Waals surface area contributed by atoms with Crippen molar-refractivity contribution in [2.24, 2.45) is 4.99 Å². The van der Waals surface area contributed by atoms with E-state index in [1.54, 1.807) is 12.1 Å². The average molecular weight is 327 g/mol. The number of hydroxylamine groups is 1. The van der Waals surface area contributed by atoms with Gasteiger partial charge in [-0.05, 0) is 0 Å². The van der Waals surface area contributed by atoms with E-state index in [0.29, 0.717) is 20.9 Å². The van der Waals surface area contributed by atoms with Crippen LogP contribution in [0.3, 0.4) is 0 Å². The number of aromatic nitrogens is 2. The Balaban J connectivity index is 2.41. The molecule has 0 aliphatic heterocycles. The number of nitrogens with zero attached hydrogens (tertiary/aromatic N) is 3. The number of aryl methyl sites for hydroxylation is 1. The van der Waals surface area contributed by atoms with Crippen LogP contribution in [0.2, 0.25) is 5.02 Å². The van der Waals surface area contributed by atoms with Crippen molar-refractivity contribution in [3.8, 4) is 0 Å². The molecule has 0 atom stereocenters. The molecule has 2 aromatic rings. The first-order chi connectivity index (χ1) is 8.61. The summed E-state index contributed by atoms with van der Waals surface area (Å²) in [5.74, 6) is 0.131. The average Bonchev–Trinajstić information content (AvgIpc) is 2.77. The van der Waals surface area contributed by atoms with E-state index >= 15 is 0 Å². The van der Waals surface area contributed by atoms with Gasteiger partial charge in [0, 0.05) is 0 Å². The molecule has 0 aliphatic rings. The Morgan fingerprint density at radius 2 is 2.28 bits per heavy atom. The molecule has 2 rings (SSSR count). The molecule has 0 unspecified atom stereocenters. The van der Waals surface area contributed by atoms with E-state index in [4.69, 9.17) is 16.8 Å². The van der Waals surface area contributed by atoms with Gasteiger partial charge in [-0.3, -0.25) is 0 Å². The van der Waals surface area contributed by atoms with Crippen LogP contribution in [0.4, 0.5) is 5.69 Å². The summed E-state index contributed by atoms with van der Waals surface area (Å²) in [6.45, 7) is 1.89. The fourth-order valence-corrected chi connectivity index (χ4v) is 1.80. The summed E-state index contributed by atoms with van der Waals surface area (Å²) < 4.78 is 4.99. The van der Waals surface area contributed by atoms with Crippen LogP contribution in [0.5, 0.6) is 0 Å². The summed E-state index contributed by atoms with van der Waals surface area (Å²) >= 11 is 8.17. The van der Waals surface area contributed by atoms with E-state index in [9.17, 15) is 0 Å². The van der Waals surface area contributed by atoms with E-state index in [1.165, 1.54) is 0 Å². The third-order valence-electron chi connectivity index (χ3n) is 2.20. The van der Waals surface area contributed by atoms with Crippen molar-refractivity contribution in [2.45, 2.75) is 6.92 Å². The van der Waals surface area contributed by atoms with Gasteiger partial charge in [-0.1, -0.05) is 0 Å². The summed E-state index contributed by atoms with van der Waals surface area (Å²) in [6.07, 6.45) is 0. The van der Waals surface area contributed by atoms with Crippen LogP contribution in [0.25, 0.3) is 0 Å². The van der Waals surface area contributed by atoms with E-state index < -0.39 is 0 Å². The van der Waals surface area contributed by atoms with Gasteiger partial charge in [0.05, 0.1) is 0 Å². The summed E-state index contributed by atoms with van der Waals surface area (Å²) in [6, 6.07) is 5.29. The van der Waals surface area contributed by atoms with Crippen molar-refractivity contribution in [2.75, 3.05) is 0 Å². The summed E-state index contributed by atoms with van der Waals surface area (Å²) in [7, 11) is 0. The minimum absolute atomic E-state index is 0.131. The Labute approximate surface area is 116 Å². The summed E-state index contributed by atoms with van der Waals surface area (Å²) in [5.41, 5.74) is 3.81. The van der Waals surface area contributed by atoms with Crippen LogP contribution in [-0.2, 0) is 0 Å². The zero-order valence-corrected chi connectivity index (χ0v) is 11.9. The molecule has 0 saturated heterocycles. The second-order valence-corrected chi connectivity index (χ2v) is 4.74. The third-order valence-corrected chi connectivity index (χ3v) is 3.22. The molecule has 6 nitrogen and oxygen atoms in total. The van der Waals surface area contributed by atoms with Crippen molar-refractivity contribution in [1.82, 2.24) is 15.8 Å². The maximum absolute atomic E-state index is 9.08. The monoisotopic (exact) mass is 326 g/mol. The zero-order valence-electron chi connectivity index (χ0n) is 9.25. The molecule has 1 aromatic heterocycles. The van der Waals surface area contributed by atoms with Crippen LogP contribution in [-0.4, -0.2) is 38.2 Å². The quantitative estimate of drug-likeness (QED) is 0.370. The Morgan fingerprint density at radius 3 is 2.83 bits per heavy atom. The predicted molar refractivity (Wildman–Crippen MR) is 67.0 cm³/mol. The van der Waals surface area contributed by atoms with Gasteiger partial charge in [0.1, 0.15) is 0 Å². The first kappa shape index (κ1) is 13.1. The maximum atomic E-state index is 9.08. The molecule has 0 saturated carbocycles. The van der Waals surface area contributed by atoms with Gasteiger partial charge in [-0.25, -0.2) is 0 Å². The van der Waals surface area contributed by atoms with Gasteiger partial charge in [-0.2, -0.15) is 0 Å². The van der Waals surface area contributed by atoms with E-state index in [2.05, 4.69) is 36.8 Å². The molecule has 1 aromatic carbocycles. The molecular formula is C10H8AsClN4O2. The predicted octanol–water partition coefficient (Wildman–Crippen LogP) is 0.882. The van der Waals surface area contributed by atoms with Crippen molar-refractivity contribution >= 4 is 44.5 Å². The molecule has 0 fully saturated rings. The summed E-state index contributed by atoms with van der Waals surface area (Å²) in [5, 5.41) is 16.9. The molecule has 0 bridgehead atoms. The van der Waals surface area contributed by atoms with Gasteiger partial charge < -0.3 is 0 Å². The number of aliphatic imine (C=N–C) groups is 1. The third kappa shape index (κ3) is 2.72. The molecule has 2 N–H and O–H groups in total. The van der Waals surface area contributed by atoms with Gasteiger partial charge in [-0.15, -0.1) is 0 Å². The fraction of sp³-hybridized carbons (Fsp3) is 0.100. The van der Waals surface area contributed by atoms with Crippen molar-refractivity contribution < 1.29 is 9.84 Å². The number of hydrogen-bond acceptors (Lipinski definition) is 5. The van der Waals surface area contributed by atoms with Crippen LogP contribution in [0, 0.1) is 6.92 Å². The van der Waals surface area contributed by atoms with Gasteiger partial charge in [0.2, 0.25) is 0 Å². The standard InChI is InChI=1S/C10H8AsClN4O2/c1-5-2-3-6(4-7(5)12)13-10(14-17)8-9(11)16-18-15-8/h2-4,17H,1H3,(H,13,14). The summed E-state index contributed by atoms with van der Waals surface area (Å²) in [4.78, 5) is 4.18. The van der Waals surface area contributed by atoms with Crippen molar-refractivity contribution in [3.05, 3.63) is 34.5 Å². The fourth-order valence-electron chi connectivity index (χ4n) is 1.24. The van der Waals surface area contributed by atoms with Crippen molar-refractivity contribution in [1.29, 1.82) is 0 Å². The molecular weight excluding hydrogens is 319 g/mol. The minimum atomic E-state index is 0.131. The second-order valence-electron chi connectivity index (χ2n) is 3.44. The molecule has 0 aliphatic carbocycles. The zero-order chi connectivity index (χ0) is 13.1. The topological polar surface area (TPSA) is 83.5 Å². The number of rotatable bonds is 2. The molecule has 92 valence electrons. The molecule has 0 amide bonds. The van der Waals surface area contributed by atoms with Crippen molar-refractivity contribution in [3.63, 3.8) is 0 Å². The Bertz CT molecular complexity index is 599. The molecule has 0 spiro atoms. The molecule has 1 heterocycles. The number of nitrogens with one attached hydrogen (secondary N) is 1.